The van der Waals surface area contributed by atoms with E-state index in [0.717, 1.165) is 11.0 Å². The van der Waals surface area contributed by atoms with Crippen LogP contribution < -0.4 is 10.6 Å². The predicted octanol–water partition coefficient (Wildman–Crippen LogP) is 2.05. The molecular formula is C10H12BrClN2O. The lowest BCUT2D eigenvalue weighted by Crippen LogP contribution is -2.30. The van der Waals surface area contributed by atoms with Gasteiger partial charge in [-0.2, -0.15) is 0 Å². The van der Waals surface area contributed by atoms with E-state index in [9.17, 15) is 4.79 Å². The highest BCUT2D eigenvalue weighted by Gasteiger charge is 2.09. The molecule has 0 aromatic heterocycles. The standard InChI is InChI=1S/C10H12BrClN2O/c1-13-4-5-14-10(15)8-3-2-7(11)6-9(8)12/h2-3,6,13H,4-5H2,1H3,(H,14,15). The fourth-order valence-electron chi connectivity index (χ4n) is 1.07. The van der Waals surface area contributed by atoms with Crippen LogP contribution in [0.25, 0.3) is 0 Å². The Labute approximate surface area is 102 Å². The summed E-state index contributed by atoms with van der Waals surface area (Å²) in [5, 5.41) is 6.15. The van der Waals surface area contributed by atoms with Crippen LogP contribution >= 0.6 is 27.5 Å². The Morgan fingerprint density at radius 3 is 2.80 bits per heavy atom. The van der Waals surface area contributed by atoms with E-state index in [2.05, 4.69) is 26.6 Å². The van der Waals surface area contributed by atoms with Gasteiger partial charge in [0.05, 0.1) is 10.6 Å². The van der Waals surface area contributed by atoms with Crippen molar-refractivity contribution in [2.45, 2.75) is 0 Å². The van der Waals surface area contributed by atoms with Gasteiger partial charge in [0, 0.05) is 17.6 Å². The first-order valence-corrected chi connectivity index (χ1v) is 5.70. The van der Waals surface area contributed by atoms with Gasteiger partial charge in [-0.15, -0.1) is 0 Å². The van der Waals surface area contributed by atoms with Gasteiger partial charge < -0.3 is 10.6 Å². The van der Waals surface area contributed by atoms with Gasteiger partial charge in [-0.3, -0.25) is 4.79 Å². The quantitative estimate of drug-likeness (QED) is 0.834. The predicted molar refractivity (Wildman–Crippen MR) is 65.4 cm³/mol. The summed E-state index contributed by atoms with van der Waals surface area (Å²) in [4.78, 5) is 11.6. The summed E-state index contributed by atoms with van der Waals surface area (Å²) < 4.78 is 0.860. The first-order chi connectivity index (χ1) is 7.15. The Morgan fingerprint density at radius 2 is 2.20 bits per heavy atom. The summed E-state index contributed by atoms with van der Waals surface area (Å²) in [6.45, 7) is 1.32. The summed E-state index contributed by atoms with van der Waals surface area (Å²) in [6.07, 6.45) is 0. The lowest BCUT2D eigenvalue weighted by Gasteiger charge is -2.06. The van der Waals surface area contributed by atoms with E-state index in [4.69, 9.17) is 11.6 Å². The Hall–Kier alpha value is -0.580. The average molecular weight is 292 g/mol. The monoisotopic (exact) mass is 290 g/mol. The maximum atomic E-state index is 11.6. The van der Waals surface area contributed by atoms with E-state index in [-0.39, 0.29) is 5.91 Å². The van der Waals surface area contributed by atoms with Crippen LogP contribution in [-0.4, -0.2) is 26.0 Å². The molecule has 1 amide bonds. The molecule has 0 saturated heterocycles. The van der Waals surface area contributed by atoms with Crippen LogP contribution in [0.5, 0.6) is 0 Å². The van der Waals surface area contributed by atoms with Crippen LogP contribution in [0.2, 0.25) is 5.02 Å². The molecule has 1 aromatic carbocycles. The molecule has 0 saturated carbocycles. The minimum Gasteiger partial charge on any atom is -0.351 e. The van der Waals surface area contributed by atoms with E-state index < -0.39 is 0 Å². The van der Waals surface area contributed by atoms with Crippen molar-refractivity contribution in [3.05, 3.63) is 33.3 Å². The highest BCUT2D eigenvalue weighted by Crippen LogP contribution is 2.20. The molecule has 0 unspecified atom stereocenters. The van der Waals surface area contributed by atoms with Crippen molar-refractivity contribution < 1.29 is 4.79 Å². The Balaban J connectivity index is 2.65. The summed E-state index contributed by atoms with van der Waals surface area (Å²) in [5.41, 5.74) is 0.496. The van der Waals surface area contributed by atoms with Crippen LogP contribution in [0.15, 0.2) is 22.7 Å². The third kappa shape index (κ3) is 3.81. The van der Waals surface area contributed by atoms with Gasteiger partial charge in [0.15, 0.2) is 0 Å². The number of halogens is 2. The molecule has 5 heteroatoms. The fraction of sp³-hybridized carbons (Fsp3) is 0.300. The van der Waals surface area contributed by atoms with E-state index >= 15 is 0 Å². The van der Waals surface area contributed by atoms with Gasteiger partial charge in [0.2, 0.25) is 0 Å². The molecule has 15 heavy (non-hydrogen) atoms. The Kier molecular flexibility index (Phi) is 5.08. The zero-order valence-electron chi connectivity index (χ0n) is 8.31. The van der Waals surface area contributed by atoms with E-state index in [1.165, 1.54) is 0 Å². The minimum atomic E-state index is -0.150. The SMILES string of the molecule is CNCCNC(=O)c1ccc(Br)cc1Cl. The van der Waals surface area contributed by atoms with Gasteiger partial charge in [0.25, 0.3) is 5.91 Å². The van der Waals surface area contributed by atoms with Crippen molar-refractivity contribution in [1.82, 2.24) is 10.6 Å². The maximum Gasteiger partial charge on any atom is 0.252 e. The van der Waals surface area contributed by atoms with E-state index in [0.29, 0.717) is 17.1 Å². The van der Waals surface area contributed by atoms with Crippen molar-refractivity contribution >= 4 is 33.4 Å². The lowest BCUT2D eigenvalue weighted by molar-refractivity contribution is 0.0954. The summed E-state index contributed by atoms with van der Waals surface area (Å²) >= 11 is 9.21. The third-order valence-corrected chi connectivity index (χ3v) is 2.64. The second-order valence-electron chi connectivity index (χ2n) is 2.98. The third-order valence-electron chi connectivity index (χ3n) is 1.84. The number of carbonyl (C=O) groups is 1. The first-order valence-electron chi connectivity index (χ1n) is 4.53. The van der Waals surface area contributed by atoms with E-state index in [1.807, 2.05) is 7.05 Å². The molecule has 0 spiro atoms. The number of hydrogen-bond donors (Lipinski definition) is 2. The summed E-state index contributed by atoms with van der Waals surface area (Å²) in [7, 11) is 1.83. The average Bonchev–Trinajstić information content (AvgIpc) is 2.17. The molecular weight excluding hydrogens is 279 g/mol. The molecule has 82 valence electrons. The largest absolute Gasteiger partial charge is 0.351 e. The number of nitrogens with one attached hydrogen (secondary N) is 2. The zero-order chi connectivity index (χ0) is 11.3. The summed E-state index contributed by atoms with van der Waals surface area (Å²) in [6, 6.07) is 5.19. The number of hydrogen-bond acceptors (Lipinski definition) is 2. The number of likely N-dealkylation sites (N-methyl/N-ethyl adjacent to an activating group) is 1. The van der Waals surface area contributed by atoms with Gasteiger partial charge in [-0.1, -0.05) is 27.5 Å². The molecule has 0 aliphatic heterocycles. The van der Waals surface area contributed by atoms with Crippen molar-refractivity contribution in [1.29, 1.82) is 0 Å². The topological polar surface area (TPSA) is 41.1 Å². The van der Waals surface area contributed by atoms with Crippen LogP contribution in [0.4, 0.5) is 0 Å². The second-order valence-corrected chi connectivity index (χ2v) is 4.31. The number of rotatable bonds is 4. The van der Waals surface area contributed by atoms with Crippen LogP contribution in [0, 0.1) is 0 Å². The van der Waals surface area contributed by atoms with Crippen molar-refractivity contribution in [2.75, 3.05) is 20.1 Å². The minimum absolute atomic E-state index is 0.150. The molecule has 1 rings (SSSR count). The van der Waals surface area contributed by atoms with Crippen LogP contribution in [-0.2, 0) is 0 Å². The Bertz CT molecular complexity index is 357. The Morgan fingerprint density at radius 1 is 1.47 bits per heavy atom. The molecule has 0 radical (unpaired) electrons. The second kappa shape index (κ2) is 6.10. The maximum absolute atomic E-state index is 11.6. The number of carbonyl (C=O) groups excluding carboxylic acids is 1. The van der Waals surface area contributed by atoms with Crippen molar-refractivity contribution in [2.24, 2.45) is 0 Å². The van der Waals surface area contributed by atoms with Crippen molar-refractivity contribution in [3.8, 4) is 0 Å². The normalized spacial score (nSPS) is 10.1. The molecule has 2 N–H and O–H groups in total. The van der Waals surface area contributed by atoms with Gasteiger partial charge in [0.1, 0.15) is 0 Å². The van der Waals surface area contributed by atoms with Crippen molar-refractivity contribution in [3.63, 3.8) is 0 Å². The number of benzene rings is 1. The van der Waals surface area contributed by atoms with Gasteiger partial charge in [-0.25, -0.2) is 0 Å². The molecule has 0 aliphatic rings. The number of amides is 1. The lowest BCUT2D eigenvalue weighted by atomic mass is 10.2. The molecule has 0 fully saturated rings. The fourth-order valence-corrected chi connectivity index (χ4v) is 1.83. The highest BCUT2D eigenvalue weighted by atomic mass is 79.9. The van der Waals surface area contributed by atoms with Crippen LogP contribution in [0.3, 0.4) is 0 Å². The van der Waals surface area contributed by atoms with Crippen LogP contribution in [0.1, 0.15) is 10.4 Å². The molecule has 1 aromatic rings. The van der Waals surface area contributed by atoms with E-state index in [1.54, 1.807) is 18.2 Å². The smallest absolute Gasteiger partial charge is 0.252 e. The molecule has 0 bridgehead atoms. The first kappa shape index (κ1) is 12.5. The summed E-state index contributed by atoms with van der Waals surface area (Å²) in [5.74, 6) is -0.150. The van der Waals surface area contributed by atoms with Gasteiger partial charge >= 0.3 is 0 Å². The molecule has 0 heterocycles. The highest BCUT2D eigenvalue weighted by molar-refractivity contribution is 9.10. The van der Waals surface area contributed by atoms with Gasteiger partial charge in [-0.05, 0) is 25.2 Å². The zero-order valence-corrected chi connectivity index (χ0v) is 10.7. The molecule has 0 aliphatic carbocycles. The molecule has 0 atom stereocenters. The molecule has 3 nitrogen and oxygen atoms in total.